The fraction of sp³-hybridized carbons (Fsp3) is 0.143. The van der Waals surface area contributed by atoms with Gasteiger partial charge in [-0.25, -0.2) is 4.79 Å². The first-order valence-electron chi connectivity index (χ1n) is 6.05. The van der Waals surface area contributed by atoms with Gasteiger partial charge in [0.15, 0.2) is 0 Å². The lowest BCUT2D eigenvalue weighted by atomic mass is 10.1. The van der Waals surface area contributed by atoms with Crippen molar-refractivity contribution in [1.82, 2.24) is 4.98 Å². The van der Waals surface area contributed by atoms with Gasteiger partial charge in [0.05, 0.1) is 12.8 Å². The molecule has 0 fully saturated rings. The Morgan fingerprint density at radius 1 is 1.27 bits per heavy atom. The van der Waals surface area contributed by atoms with Crippen LogP contribution in [0.1, 0.15) is 11.7 Å². The molecule has 0 saturated heterocycles. The maximum absolute atomic E-state index is 13.6. The zero-order chi connectivity index (χ0) is 16.3. The van der Waals surface area contributed by atoms with Gasteiger partial charge in [0, 0.05) is 5.56 Å². The van der Waals surface area contributed by atoms with Crippen LogP contribution in [0.3, 0.4) is 0 Å². The number of carbonyl (C=O) groups excluding carboxylic acids is 1. The van der Waals surface area contributed by atoms with Crippen LogP contribution in [0.25, 0.3) is 0 Å². The number of hydrogen-bond acceptors (Lipinski definition) is 5. The lowest BCUT2D eigenvalue weighted by Gasteiger charge is -2.18. The summed E-state index contributed by atoms with van der Waals surface area (Å²) in [7, 11) is 1.20. The number of aromatic nitrogens is 1. The zero-order valence-corrected chi connectivity index (χ0v) is 12.9. The first-order valence-corrected chi connectivity index (χ1v) is 6.80. The van der Waals surface area contributed by atoms with Gasteiger partial charge in [-0.2, -0.15) is 9.37 Å². The second-order valence-corrected chi connectivity index (χ2v) is 4.94. The van der Waals surface area contributed by atoms with Gasteiger partial charge in [-0.15, -0.1) is 0 Å². The number of esters is 1. The molecule has 0 aliphatic carbocycles. The molecule has 116 valence electrons. The molecule has 0 unspecified atom stereocenters. The van der Waals surface area contributed by atoms with Crippen LogP contribution >= 0.6 is 23.2 Å². The Morgan fingerprint density at radius 2 is 1.91 bits per heavy atom. The number of methoxy groups -OCH3 is 1. The van der Waals surface area contributed by atoms with Crippen molar-refractivity contribution in [2.24, 2.45) is 0 Å². The van der Waals surface area contributed by atoms with Crippen LogP contribution in [-0.2, 0) is 9.53 Å². The molecule has 1 atom stereocenters. The minimum atomic E-state index is -1.17. The predicted molar refractivity (Wildman–Crippen MR) is 80.5 cm³/mol. The SMILES string of the molecule is COC(=O)[C@H](Oc1nc(F)c(Cl)c(N)c1Cl)c1ccccc1. The van der Waals surface area contributed by atoms with Crippen molar-refractivity contribution in [3.63, 3.8) is 0 Å². The zero-order valence-electron chi connectivity index (χ0n) is 11.3. The van der Waals surface area contributed by atoms with Crippen LogP contribution in [0.15, 0.2) is 30.3 Å². The van der Waals surface area contributed by atoms with Gasteiger partial charge in [-0.1, -0.05) is 53.5 Å². The Hall–Kier alpha value is -2.05. The molecule has 0 radical (unpaired) electrons. The summed E-state index contributed by atoms with van der Waals surface area (Å²) in [4.78, 5) is 15.4. The molecule has 0 amide bonds. The first-order chi connectivity index (χ1) is 10.5. The van der Waals surface area contributed by atoms with Crippen LogP contribution in [0, 0.1) is 5.95 Å². The van der Waals surface area contributed by atoms with E-state index in [0.29, 0.717) is 5.56 Å². The van der Waals surface area contributed by atoms with E-state index in [1.165, 1.54) is 7.11 Å². The molecule has 5 nitrogen and oxygen atoms in total. The molecular weight excluding hydrogens is 334 g/mol. The molecule has 0 bridgehead atoms. The predicted octanol–water partition coefficient (Wildman–Crippen LogP) is 3.40. The normalized spacial score (nSPS) is 11.8. The van der Waals surface area contributed by atoms with Gasteiger partial charge >= 0.3 is 5.97 Å². The van der Waals surface area contributed by atoms with E-state index < -0.39 is 23.0 Å². The smallest absolute Gasteiger partial charge is 0.351 e. The first kappa shape index (κ1) is 16.3. The molecule has 8 heteroatoms. The third-order valence-corrected chi connectivity index (χ3v) is 3.51. The summed E-state index contributed by atoms with van der Waals surface area (Å²) in [5, 5.41) is -0.595. The number of anilines is 1. The van der Waals surface area contributed by atoms with Crippen molar-refractivity contribution < 1.29 is 18.7 Å². The number of ether oxygens (including phenoxy) is 2. The van der Waals surface area contributed by atoms with Gasteiger partial charge in [-0.3, -0.25) is 0 Å². The minimum Gasteiger partial charge on any atom is -0.466 e. The summed E-state index contributed by atoms with van der Waals surface area (Å²) < 4.78 is 23.7. The number of pyridine rings is 1. The Kier molecular flexibility index (Phi) is 5.05. The molecule has 0 aliphatic rings. The number of nitrogen functional groups attached to an aromatic ring is 1. The van der Waals surface area contributed by atoms with Gasteiger partial charge in [-0.05, 0) is 0 Å². The van der Waals surface area contributed by atoms with E-state index in [2.05, 4.69) is 9.72 Å². The van der Waals surface area contributed by atoms with Gasteiger partial charge < -0.3 is 15.2 Å². The Balaban J connectivity index is 2.43. The largest absolute Gasteiger partial charge is 0.466 e. The summed E-state index contributed by atoms with van der Waals surface area (Å²) in [5.41, 5.74) is 5.83. The quantitative estimate of drug-likeness (QED) is 0.679. The standard InChI is InChI=1S/C14H11Cl2FN2O3/c1-21-14(20)11(7-5-3-2-4-6-7)22-13-9(16)10(18)8(15)12(17)19-13/h2-6,11H,1H3,(H2,18,19)/t11-/m1/s1. The molecule has 0 saturated carbocycles. The second kappa shape index (κ2) is 6.81. The second-order valence-electron chi connectivity index (χ2n) is 4.18. The lowest BCUT2D eigenvalue weighted by molar-refractivity contribution is -0.149. The number of halogens is 3. The Morgan fingerprint density at radius 3 is 2.50 bits per heavy atom. The van der Waals surface area contributed by atoms with E-state index in [4.69, 9.17) is 33.7 Å². The van der Waals surface area contributed by atoms with Gasteiger partial charge in [0.1, 0.15) is 10.0 Å². The molecule has 1 heterocycles. The van der Waals surface area contributed by atoms with Crippen LogP contribution in [0.5, 0.6) is 5.88 Å². The molecule has 22 heavy (non-hydrogen) atoms. The highest BCUT2D eigenvalue weighted by Crippen LogP contribution is 2.37. The molecule has 2 rings (SSSR count). The molecular formula is C14H11Cl2FN2O3. The van der Waals surface area contributed by atoms with E-state index in [9.17, 15) is 9.18 Å². The molecule has 1 aromatic carbocycles. The number of hydrogen-bond donors (Lipinski definition) is 1. The van der Waals surface area contributed by atoms with Crippen molar-refractivity contribution in [3.8, 4) is 5.88 Å². The van der Waals surface area contributed by atoms with Crippen LogP contribution in [0.4, 0.5) is 10.1 Å². The van der Waals surface area contributed by atoms with E-state index in [0.717, 1.165) is 0 Å². The Labute approximate surface area is 135 Å². The monoisotopic (exact) mass is 344 g/mol. The highest BCUT2D eigenvalue weighted by Gasteiger charge is 2.27. The van der Waals surface area contributed by atoms with Crippen molar-refractivity contribution in [2.45, 2.75) is 6.10 Å². The summed E-state index contributed by atoms with van der Waals surface area (Å²) in [6.45, 7) is 0. The molecule has 2 N–H and O–H groups in total. The maximum atomic E-state index is 13.6. The number of nitrogens with zero attached hydrogens (tertiary/aromatic N) is 1. The average Bonchev–Trinajstić information content (AvgIpc) is 2.55. The summed E-state index contributed by atoms with van der Waals surface area (Å²) in [5.74, 6) is -2.09. The van der Waals surface area contributed by atoms with Crippen LogP contribution in [0.2, 0.25) is 10.0 Å². The topological polar surface area (TPSA) is 74.4 Å². The fourth-order valence-electron chi connectivity index (χ4n) is 1.69. The Bertz CT molecular complexity index is 698. The summed E-state index contributed by atoms with van der Waals surface area (Å²) >= 11 is 11.5. The van der Waals surface area contributed by atoms with Crippen LogP contribution in [-0.4, -0.2) is 18.1 Å². The van der Waals surface area contributed by atoms with E-state index in [1.807, 2.05) is 0 Å². The van der Waals surface area contributed by atoms with E-state index >= 15 is 0 Å². The van der Waals surface area contributed by atoms with Crippen molar-refractivity contribution >= 4 is 34.9 Å². The van der Waals surface area contributed by atoms with Crippen molar-refractivity contribution in [2.75, 3.05) is 12.8 Å². The molecule has 0 aliphatic heterocycles. The minimum absolute atomic E-state index is 0.184. The third kappa shape index (κ3) is 3.23. The third-order valence-electron chi connectivity index (χ3n) is 2.79. The van der Waals surface area contributed by atoms with E-state index in [1.54, 1.807) is 30.3 Å². The highest BCUT2D eigenvalue weighted by atomic mass is 35.5. The number of rotatable bonds is 4. The highest BCUT2D eigenvalue weighted by molar-refractivity contribution is 6.39. The molecule has 0 spiro atoms. The summed E-state index contributed by atoms with van der Waals surface area (Å²) in [6, 6.07) is 8.47. The van der Waals surface area contributed by atoms with Crippen molar-refractivity contribution in [3.05, 3.63) is 51.9 Å². The number of carbonyl (C=O) groups is 1. The number of benzene rings is 1. The van der Waals surface area contributed by atoms with Crippen LogP contribution < -0.4 is 10.5 Å². The molecule has 2 aromatic rings. The fourth-order valence-corrected chi connectivity index (χ4v) is 2.05. The number of nitrogens with two attached hydrogens (primary N) is 1. The van der Waals surface area contributed by atoms with E-state index in [-0.39, 0.29) is 16.6 Å². The molecule has 1 aromatic heterocycles. The summed E-state index contributed by atoms with van der Waals surface area (Å²) in [6.07, 6.45) is -1.17. The van der Waals surface area contributed by atoms with Gasteiger partial charge in [0.2, 0.25) is 17.9 Å². The van der Waals surface area contributed by atoms with Gasteiger partial charge in [0.25, 0.3) is 0 Å². The lowest BCUT2D eigenvalue weighted by Crippen LogP contribution is -2.21. The average molecular weight is 345 g/mol. The maximum Gasteiger partial charge on any atom is 0.351 e. The van der Waals surface area contributed by atoms with Crippen molar-refractivity contribution in [1.29, 1.82) is 0 Å².